The average Bonchev–Trinajstić information content (AvgIpc) is 2.74. The first-order valence-electron chi connectivity index (χ1n) is 6.56. The standard InChI is InChI=1S/C13H25N3O/c1-4-13-15-8-10-16(13)9-7-14-6-5-11-17-12(2)3/h8,10,12,14H,4-7,9,11H2,1-3H3. The summed E-state index contributed by atoms with van der Waals surface area (Å²) in [5, 5.41) is 3.42. The lowest BCUT2D eigenvalue weighted by Gasteiger charge is -2.09. The number of aromatic nitrogens is 2. The number of aryl methyl sites for hydroxylation is 1. The van der Waals surface area contributed by atoms with Crippen molar-refractivity contribution in [3.05, 3.63) is 18.2 Å². The van der Waals surface area contributed by atoms with Crippen LogP contribution in [-0.4, -0.2) is 35.4 Å². The summed E-state index contributed by atoms with van der Waals surface area (Å²) in [6.45, 7) is 10.1. The second kappa shape index (κ2) is 8.25. The summed E-state index contributed by atoms with van der Waals surface area (Å²) >= 11 is 0. The Morgan fingerprint density at radius 2 is 2.24 bits per heavy atom. The van der Waals surface area contributed by atoms with E-state index < -0.39 is 0 Å². The van der Waals surface area contributed by atoms with E-state index in [0.717, 1.165) is 44.9 Å². The van der Waals surface area contributed by atoms with Gasteiger partial charge in [-0.05, 0) is 26.8 Å². The van der Waals surface area contributed by atoms with Crippen molar-refractivity contribution in [3.63, 3.8) is 0 Å². The molecular formula is C13H25N3O. The van der Waals surface area contributed by atoms with Crippen LogP contribution < -0.4 is 5.32 Å². The van der Waals surface area contributed by atoms with Crippen LogP contribution in [0.2, 0.25) is 0 Å². The zero-order valence-corrected chi connectivity index (χ0v) is 11.3. The Bertz CT molecular complexity index is 297. The highest BCUT2D eigenvalue weighted by atomic mass is 16.5. The molecule has 0 saturated heterocycles. The summed E-state index contributed by atoms with van der Waals surface area (Å²) < 4.78 is 7.68. The summed E-state index contributed by atoms with van der Waals surface area (Å²) in [6.07, 6.45) is 6.32. The fourth-order valence-corrected chi connectivity index (χ4v) is 1.70. The number of hydrogen-bond acceptors (Lipinski definition) is 3. The molecule has 0 atom stereocenters. The minimum atomic E-state index is 0.341. The molecule has 1 aromatic rings. The topological polar surface area (TPSA) is 39.1 Å². The molecule has 0 aliphatic carbocycles. The fourth-order valence-electron chi connectivity index (χ4n) is 1.70. The Labute approximate surface area is 104 Å². The fraction of sp³-hybridized carbons (Fsp3) is 0.769. The van der Waals surface area contributed by atoms with E-state index in [2.05, 4.69) is 35.6 Å². The number of rotatable bonds is 9. The Balaban J connectivity index is 2.01. The molecule has 17 heavy (non-hydrogen) atoms. The molecule has 0 aromatic carbocycles. The first-order valence-corrected chi connectivity index (χ1v) is 6.56. The van der Waals surface area contributed by atoms with Crippen LogP contribution in [0.15, 0.2) is 12.4 Å². The van der Waals surface area contributed by atoms with Gasteiger partial charge in [-0.15, -0.1) is 0 Å². The summed E-state index contributed by atoms with van der Waals surface area (Å²) in [4.78, 5) is 4.30. The third kappa shape index (κ3) is 5.84. The van der Waals surface area contributed by atoms with E-state index in [1.165, 1.54) is 0 Å². The molecule has 0 fully saturated rings. The number of ether oxygens (including phenoxy) is 1. The van der Waals surface area contributed by atoms with E-state index in [1.807, 2.05) is 12.4 Å². The van der Waals surface area contributed by atoms with Gasteiger partial charge in [0.2, 0.25) is 0 Å². The third-order valence-corrected chi connectivity index (χ3v) is 2.60. The van der Waals surface area contributed by atoms with Gasteiger partial charge >= 0.3 is 0 Å². The van der Waals surface area contributed by atoms with Crippen LogP contribution in [0, 0.1) is 0 Å². The molecule has 0 bridgehead atoms. The van der Waals surface area contributed by atoms with Crippen LogP contribution in [0.3, 0.4) is 0 Å². The largest absolute Gasteiger partial charge is 0.379 e. The molecule has 1 heterocycles. The van der Waals surface area contributed by atoms with Gasteiger partial charge in [-0.1, -0.05) is 6.92 Å². The van der Waals surface area contributed by atoms with Gasteiger partial charge in [-0.3, -0.25) is 0 Å². The lowest BCUT2D eigenvalue weighted by atomic mass is 10.4. The first kappa shape index (κ1) is 14.2. The summed E-state index contributed by atoms with van der Waals surface area (Å²) in [5.74, 6) is 1.16. The third-order valence-electron chi connectivity index (χ3n) is 2.60. The van der Waals surface area contributed by atoms with Gasteiger partial charge in [-0.25, -0.2) is 4.98 Å². The summed E-state index contributed by atoms with van der Waals surface area (Å²) in [6, 6.07) is 0. The zero-order chi connectivity index (χ0) is 12.5. The normalized spacial score (nSPS) is 11.3. The van der Waals surface area contributed by atoms with Crippen LogP contribution in [-0.2, 0) is 17.7 Å². The second-order valence-electron chi connectivity index (χ2n) is 4.41. The van der Waals surface area contributed by atoms with Crippen LogP contribution >= 0.6 is 0 Å². The van der Waals surface area contributed by atoms with E-state index in [4.69, 9.17) is 4.74 Å². The van der Waals surface area contributed by atoms with Crippen LogP contribution in [0.25, 0.3) is 0 Å². The van der Waals surface area contributed by atoms with Gasteiger partial charge in [0.05, 0.1) is 6.10 Å². The predicted molar refractivity (Wildman–Crippen MR) is 70.2 cm³/mol. The molecule has 0 saturated carbocycles. The minimum Gasteiger partial charge on any atom is -0.379 e. The van der Waals surface area contributed by atoms with E-state index in [9.17, 15) is 0 Å². The zero-order valence-electron chi connectivity index (χ0n) is 11.3. The minimum absolute atomic E-state index is 0.341. The lowest BCUT2D eigenvalue weighted by Crippen LogP contribution is -2.22. The monoisotopic (exact) mass is 239 g/mol. The van der Waals surface area contributed by atoms with E-state index in [1.54, 1.807) is 0 Å². The van der Waals surface area contributed by atoms with Crippen molar-refractivity contribution in [2.75, 3.05) is 19.7 Å². The molecule has 0 aliphatic rings. The molecular weight excluding hydrogens is 214 g/mol. The molecule has 4 nitrogen and oxygen atoms in total. The highest BCUT2D eigenvalue weighted by Gasteiger charge is 1.98. The summed E-state index contributed by atoms with van der Waals surface area (Å²) in [5.41, 5.74) is 0. The van der Waals surface area contributed by atoms with Gasteiger partial charge in [0.25, 0.3) is 0 Å². The first-order chi connectivity index (χ1) is 8.24. The van der Waals surface area contributed by atoms with E-state index in [-0.39, 0.29) is 0 Å². The van der Waals surface area contributed by atoms with Crippen molar-refractivity contribution in [2.45, 2.75) is 46.3 Å². The maximum absolute atomic E-state index is 5.48. The van der Waals surface area contributed by atoms with Crippen molar-refractivity contribution < 1.29 is 4.74 Å². The molecule has 4 heteroatoms. The predicted octanol–water partition coefficient (Wildman–Crippen LogP) is 1.85. The molecule has 98 valence electrons. The van der Waals surface area contributed by atoms with Gasteiger partial charge in [0.1, 0.15) is 5.82 Å². The van der Waals surface area contributed by atoms with Crippen LogP contribution in [0.1, 0.15) is 33.0 Å². The highest BCUT2D eigenvalue weighted by Crippen LogP contribution is 1.97. The van der Waals surface area contributed by atoms with Gasteiger partial charge in [0, 0.05) is 38.5 Å². The molecule has 0 spiro atoms. The van der Waals surface area contributed by atoms with Crippen molar-refractivity contribution >= 4 is 0 Å². The van der Waals surface area contributed by atoms with E-state index >= 15 is 0 Å². The summed E-state index contributed by atoms with van der Waals surface area (Å²) in [7, 11) is 0. The number of nitrogens with zero attached hydrogens (tertiary/aromatic N) is 2. The number of nitrogens with one attached hydrogen (secondary N) is 1. The average molecular weight is 239 g/mol. The van der Waals surface area contributed by atoms with Crippen LogP contribution in [0.5, 0.6) is 0 Å². The smallest absolute Gasteiger partial charge is 0.108 e. The second-order valence-corrected chi connectivity index (χ2v) is 4.41. The van der Waals surface area contributed by atoms with Crippen molar-refractivity contribution in [3.8, 4) is 0 Å². The van der Waals surface area contributed by atoms with Crippen molar-refractivity contribution in [2.24, 2.45) is 0 Å². The molecule has 1 N–H and O–H groups in total. The Kier molecular flexibility index (Phi) is 6.89. The van der Waals surface area contributed by atoms with Crippen molar-refractivity contribution in [1.82, 2.24) is 14.9 Å². The van der Waals surface area contributed by atoms with E-state index in [0.29, 0.717) is 6.10 Å². The van der Waals surface area contributed by atoms with Gasteiger partial charge in [0.15, 0.2) is 0 Å². The molecule has 0 radical (unpaired) electrons. The van der Waals surface area contributed by atoms with Crippen molar-refractivity contribution in [1.29, 1.82) is 0 Å². The maximum Gasteiger partial charge on any atom is 0.108 e. The maximum atomic E-state index is 5.48. The van der Waals surface area contributed by atoms with Gasteiger partial charge in [-0.2, -0.15) is 0 Å². The Morgan fingerprint density at radius 3 is 2.94 bits per heavy atom. The number of imidazole rings is 1. The molecule has 0 unspecified atom stereocenters. The Hall–Kier alpha value is -0.870. The Morgan fingerprint density at radius 1 is 1.41 bits per heavy atom. The number of hydrogen-bond donors (Lipinski definition) is 1. The molecule has 1 rings (SSSR count). The SMILES string of the molecule is CCc1nccn1CCNCCCOC(C)C. The molecule has 0 aliphatic heterocycles. The van der Waals surface area contributed by atoms with Gasteiger partial charge < -0.3 is 14.6 Å². The quantitative estimate of drug-likeness (QED) is 0.668. The molecule has 1 aromatic heterocycles. The molecule has 0 amide bonds. The highest BCUT2D eigenvalue weighted by molar-refractivity contribution is 4.91. The lowest BCUT2D eigenvalue weighted by molar-refractivity contribution is 0.0771. The van der Waals surface area contributed by atoms with Crippen LogP contribution in [0.4, 0.5) is 0 Å².